The topological polar surface area (TPSA) is 86.9 Å². The van der Waals surface area contributed by atoms with E-state index in [0.29, 0.717) is 25.2 Å². The number of carbonyl (C=O) groups excluding carboxylic acids is 2. The molecule has 3 heterocycles. The molecule has 0 fully saturated rings. The summed E-state index contributed by atoms with van der Waals surface area (Å²) in [6.45, 7) is 1.98. The maximum absolute atomic E-state index is 12.6. The highest BCUT2D eigenvalue weighted by Crippen LogP contribution is 2.27. The van der Waals surface area contributed by atoms with Gasteiger partial charge < -0.3 is 14.4 Å². The lowest BCUT2D eigenvalue weighted by atomic mass is 10.0. The van der Waals surface area contributed by atoms with Gasteiger partial charge >= 0.3 is 0 Å². The van der Waals surface area contributed by atoms with E-state index < -0.39 is 6.73 Å². The normalized spacial score (nSPS) is 13.8. The lowest BCUT2D eigenvalue weighted by Crippen LogP contribution is -2.36. The summed E-state index contributed by atoms with van der Waals surface area (Å²) in [5.41, 5.74) is 3.50. The smallest absolute Gasteiger partial charge is 0.246 e. The number of nitrogens with zero attached hydrogens (tertiary/aromatic N) is 3. The predicted molar refractivity (Wildman–Crippen MR) is 114 cm³/mol. The largest absolute Gasteiger partial charge is 0.459 e. The highest BCUT2D eigenvalue weighted by Gasteiger charge is 2.24. The van der Waals surface area contributed by atoms with Crippen molar-refractivity contribution in [1.29, 1.82) is 0 Å². The number of aromatic nitrogens is 1. The Morgan fingerprint density at radius 3 is 2.90 bits per heavy atom. The number of anilines is 1. The number of rotatable bonds is 5. The third-order valence-corrected chi connectivity index (χ3v) is 5.39. The first kappa shape index (κ1) is 19.8. The van der Waals surface area contributed by atoms with Crippen LogP contribution in [0.3, 0.4) is 0 Å². The minimum absolute atomic E-state index is 0.140. The van der Waals surface area contributed by atoms with Crippen molar-refractivity contribution >= 4 is 34.7 Å². The van der Waals surface area contributed by atoms with Crippen LogP contribution in [0.15, 0.2) is 47.0 Å². The van der Waals surface area contributed by atoms with Crippen LogP contribution in [0, 0.1) is 6.92 Å². The molecular weight excluding hydrogens is 382 g/mol. The van der Waals surface area contributed by atoms with Gasteiger partial charge in [-0.3, -0.25) is 14.5 Å². The molecule has 4 rings (SSSR count). The van der Waals surface area contributed by atoms with Crippen molar-refractivity contribution < 1.29 is 19.1 Å². The molecule has 1 aliphatic rings. The third-order valence-electron chi connectivity index (χ3n) is 5.39. The van der Waals surface area contributed by atoms with Crippen molar-refractivity contribution in [2.24, 2.45) is 0 Å². The first-order valence-corrected chi connectivity index (χ1v) is 9.78. The quantitative estimate of drug-likeness (QED) is 0.660. The van der Waals surface area contributed by atoms with E-state index in [1.807, 2.05) is 37.3 Å². The standard InChI is InChI=1S/C23H23N3O4/c1-15-18-5-3-4-6-19(18)30-20(15)13-25(2)21(28)9-7-16-11-17-8-10-22(29)26(14-27)23(17)24-12-16/h3-7,9,11-12,27H,8,10,13-14H2,1-2H3. The van der Waals surface area contributed by atoms with Crippen molar-refractivity contribution in [1.82, 2.24) is 9.88 Å². The zero-order chi connectivity index (χ0) is 21.3. The summed E-state index contributed by atoms with van der Waals surface area (Å²) in [5, 5.41) is 10.4. The van der Waals surface area contributed by atoms with E-state index in [1.54, 1.807) is 24.2 Å². The number of aliphatic hydroxyl groups excluding tert-OH is 1. The van der Waals surface area contributed by atoms with Crippen LogP contribution in [0.25, 0.3) is 17.0 Å². The molecule has 0 aliphatic carbocycles. The van der Waals surface area contributed by atoms with Gasteiger partial charge in [-0.15, -0.1) is 0 Å². The average molecular weight is 405 g/mol. The van der Waals surface area contributed by atoms with Gasteiger partial charge in [-0.1, -0.05) is 18.2 Å². The van der Waals surface area contributed by atoms with Crippen molar-refractivity contribution in [3.05, 3.63) is 65.1 Å². The molecular formula is C23H23N3O4. The van der Waals surface area contributed by atoms with Crippen LogP contribution < -0.4 is 4.90 Å². The summed E-state index contributed by atoms with van der Waals surface area (Å²) in [4.78, 5) is 31.6. The molecule has 154 valence electrons. The van der Waals surface area contributed by atoms with E-state index in [2.05, 4.69) is 4.98 Å². The lowest BCUT2D eigenvalue weighted by Gasteiger charge is -2.26. The van der Waals surface area contributed by atoms with Gasteiger partial charge in [-0.05, 0) is 42.7 Å². The molecule has 7 nitrogen and oxygen atoms in total. The molecule has 0 saturated heterocycles. The second-order valence-corrected chi connectivity index (χ2v) is 7.39. The SMILES string of the molecule is Cc1c(CN(C)C(=O)C=Cc2cnc3c(c2)CCC(=O)N3CO)oc2ccccc12. The second-order valence-electron chi connectivity index (χ2n) is 7.39. The molecule has 0 radical (unpaired) electrons. The molecule has 1 aliphatic heterocycles. The lowest BCUT2D eigenvalue weighted by molar-refractivity contribution is -0.125. The maximum atomic E-state index is 12.6. The Kier molecular flexibility index (Phi) is 5.37. The molecule has 0 saturated carbocycles. The number of pyridine rings is 1. The minimum Gasteiger partial charge on any atom is -0.459 e. The van der Waals surface area contributed by atoms with E-state index in [-0.39, 0.29) is 11.8 Å². The zero-order valence-electron chi connectivity index (χ0n) is 17.0. The highest BCUT2D eigenvalue weighted by molar-refractivity contribution is 5.95. The number of hydrogen-bond acceptors (Lipinski definition) is 5. The third kappa shape index (κ3) is 3.71. The summed E-state index contributed by atoms with van der Waals surface area (Å²) in [5.74, 6) is 0.956. The van der Waals surface area contributed by atoms with Crippen LogP contribution >= 0.6 is 0 Å². The molecule has 0 spiro atoms. The molecule has 7 heteroatoms. The van der Waals surface area contributed by atoms with Gasteiger partial charge in [0.15, 0.2) is 0 Å². The van der Waals surface area contributed by atoms with E-state index in [0.717, 1.165) is 33.4 Å². The number of amides is 2. The van der Waals surface area contributed by atoms with Gasteiger partial charge in [0.05, 0.1) is 6.54 Å². The molecule has 30 heavy (non-hydrogen) atoms. The number of para-hydroxylation sites is 1. The second kappa shape index (κ2) is 8.12. The number of carbonyl (C=O) groups is 2. The van der Waals surface area contributed by atoms with Crippen molar-refractivity contribution in [3.63, 3.8) is 0 Å². The molecule has 0 atom stereocenters. The number of aliphatic hydroxyl groups is 1. The Morgan fingerprint density at radius 2 is 2.13 bits per heavy atom. The van der Waals surface area contributed by atoms with E-state index >= 15 is 0 Å². The van der Waals surface area contributed by atoms with Gasteiger partial charge in [-0.25, -0.2) is 4.98 Å². The fourth-order valence-electron chi connectivity index (χ4n) is 3.64. The van der Waals surface area contributed by atoms with Crippen LogP contribution in [-0.4, -0.2) is 40.6 Å². The number of aryl methyl sites for hydroxylation is 2. The summed E-state index contributed by atoms with van der Waals surface area (Å²) < 4.78 is 5.89. The van der Waals surface area contributed by atoms with Gasteiger partial charge in [-0.2, -0.15) is 0 Å². The molecule has 3 aromatic rings. The molecule has 1 aromatic carbocycles. The number of likely N-dealkylation sites (N-methyl/N-ethyl adjacent to an activating group) is 1. The van der Waals surface area contributed by atoms with Crippen LogP contribution in [0.4, 0.5) is 5.82 Å². The van der Waals surface area contributed by atoms with Crippen LogP contribution in [-0.2, 0) is 22.6 Å². The molecule has 0 unspecified atom stereocenters. The maximum Gasteiger partial charge on any atom is 0.246 e. The van der Waals surface area contributed by atoms with Crippen LogP contribution in [0.2, 0.25) is 0 Å². The summed E-state index contributed by atoms with van der Waals surface area (Å²) in [6, 6.07) is 9.71. The highest BCUT2D eigenvalue weighted by atomic mass is 16.3. The Balaban J connectivity index is 1.46. The first-order valence-electron chi connectivity index (χ1n) is 9.78. The molecule has 1 N–H and O–H groups in total. The van der Waals surface area contributed by atoms with Crippen LogP contribution in [0.5, 0.6) is 0 Å². The van der Waals surface area contributed by atoms with Crippen molar-refractivity contribution in [2.75, 3.05) is 18.7 Å². The number of hydrogen-bond donors (Lipinski definition) is 1. The van der Waals surface area contributed by atoms with Crippen molar-refractivity contribution in [2.45, 2.75) is 26.3 Å². The fraction of sp³-hybridized carbons (Fsp3) is 0.261. The van der Waals surface area contributed by atoms with E-state index in [9.17, 15) is 14.7 Å². The Morgan fingerprint density at radius 1 is 1.33 bits per heavy atom. The fourth-order valence-corrected chi connectivity index (χ4v) is 3.64. The number of furan rings is 1. The minimum atomic E-state index is -0.390. The number of benzene rings is 1. The van der Waals surface area contributed by atoms with Crippen molar-refractivity contribution in [3.8, 4) is 0 Å². The van der Waals surface area contributed by atoms with Gasteiger partial charge in [0.2, 0.25) is 11.8 Å². The van der Waals surface area contributed by atoms with E-state index in [1.165, 1.54) is 11.0 Å². The Labute approximate surface area is 174 Å². The van der Waals surface area contributed by atoms with Gasteiger partial charge in [0, 0.05) is 36.7 Å². The molecule has 2 amide bonds. The zero-order valence-corrected chi connectivity index (χ0v) is 17.0. The Bertz CT molecular complexity index is 1150. The summed E-state index contributed by atoms with van der Waals surface area (Å²) in [6.07, 6.45) is 5.70. The first-order chi connectivity index (χ1) is 14.5. The molecule has 2 aromatic heterocycles. The molecule has 0 bridgehead atoms. The van der Waals surface area contributed by atoms with Crippen LogP contribution in [0.1, 0.15) is 28.9 Å². The Hall–Kier alpha value is -3.45. The average Bonchev–Trinajstić information content (AvgIpc) is 3.07. The predicted octanol–water partition coefficient (Wildman–Crippen LogP) is 3.04. The summed E-state index contributed by atoms with van der Waals surface area (Å²) >= 11 is 0. The van der Waals surface area contributed by atoms with Gasteiger partial charge in [0.25, 0.3) is 0 Å². The van der Waals surface area contributed by atoms with E-state index in [4.69, 9.17) is 4.42 Å². The van der Waals surface area contributed by atoms with Gasteiger partial charge in [0.1, 0.15) is 23.9 Å². The summed E-state index contributed by atoms with van der Waals surface area (Å²) in [7, 11) is 1.73. The number of fused-ring (bicyclic) bond motifs is 2. The monoisotopic (exact) mass is 405 g/mol.